The molecule has 0 aliphatic heterocycles. The zero-order valence-electron chi connectivity index (χ0n) is 12.2. The summed E-state index contributed by atoms with van der Waals surface area (Å²) < 4.78 is 16.4. The molecule has 0 radical (unpaired) electrons. The maximum atomic E-state index is 11.9. The van der Waals surface area contributed by atoms with Gasteiger partial charge >= 0.3 is 0 Å². The van der Waals surface area contributed by atoms with Crippen LogP contribution in [0.4, 0.5) is 0 Å². The highest BCUT2D eigenvalue weighted by atomic mass is 16.5. The van der Waals surface area contributed by atoms with Gasteiger partial charge < -0.3 is 14.2 Å². The Morgan fingerprint density at radius 1 is 1.05 bits per heavy atom. The Hall–Kier alpha value is -1.97. The van der Waals surface area contributed by atoms with Crippen LogP contribution in [0.25, 0.3) is 5.57 Å². The summed E-state index contributed by atoms with van der Waals surface area (Å²) in [5.74, 6) is 2.26. The molecule has 20 heavy (non-hydrogen) atoms. The normalized spacial score (nSPS) is 15.2. The smallest absolute Gasteiger partial charge is 0.137 e. The van der Waals surface area contributed by atoms with Gasteiger partial charge in [-0.3, -0.25) is 4.79 Å². The average Bonchev–Trinajstić information content (AvgIpc) is 2.48. The summed E-state index contributed by atoms with van der Waals surface area (Å²) in [4.78, 5) is 11.9. The molecule has 1 aliphatic rings. The Morgan fingerprint density at radius 3 is 2.35 bits per heavy atom. The van der Waals surface area contributed by atoms with Gasteiger partial charge in [0, 0.05) is 24.5 Å². The van der Waals surface area contributed by atoms with E-state index >= 15 is 0 Å². The molecule has 0 spiro atoms. The lowest BCUT2D eigenvalue weighted by Crippen LogP contribution is -2.03. The third kappa shape index (κ3) is 2.50. The predicted molar refractivity (Wildman–Crippen MR) is 77.7 cm³/mol. The zero-order valence-corrected chi connectivity index (χ0v) is 12.2. The summed E-state index contributed by atoms with van der Waals surface area (Å²) in [6.45, 7) is 4.03. The molecule has 0 amide bonds. The van der Waals surface area contributed by atoms with Crippen LogP contribution >= 0.6 is 0 Å². The highest BCUT2D eigenvalue weighted by Crippen LogP contribution is 2.44. The minimum atomic E-state index is 0.195. The molecule has 0 atom stereocenters. The molecule has 1 aliphatic carbocycles. The van der Waals surface area contributed by atoms with Crippen LogP contribution in [-0.4, -0.2) is 27.1 Å². The topological polar surface area (TPSA) is 44.8 Å². The SMILES string of the molecule is C=C1CC(=O)CCCc2c(OC)cc(OC)c1c2OC. The van der Waals surface area contributed by atoms with Gasteiger partial charge in [0.15, 0.2) is 0 Å². The minimum absolute atomic E-state index is 0.195. The van der Waals surface area contributed by atoms with E-state index in [1.54, 1.807) is 21.3 Å². The van der Waals surface area contributed by atoms with Crippen molar-refractivity contribution in [2.45, 2.75) is 25.7 Å². The number of ketones is 1. The van der Waals surface area contributed by atoms with E-state index in [9.17, 15) is 4.79 Å². The van der Waals surface area contributed by atoms with E-state index in [-0.39, 0.29) is 5.78 Å². The van der Waals surface area contributed by atoms with E-state index in [2.05, 4.69) is 6.58 Å². The number of allylic oxidation sites excluding steroid dienone is 1. The Balaban J connectivity index is 2.70. The Bertz CT molecular complexity index is 546. The predicted octanol–water partition coefficient (Wildman–Crippen LogP) is 3.02. The maximum Gasteiger partial charge on any atom is 0.137 e. The molecule has 0 saturated heterocycles. The van der Waals surface area contributed by atoms with Crippen molar-refractivity contribution in [3.63, 3.8) is 0 Å². The van der Waals surface area contributed by atoms with Crippen molar-refractivity contribution in [1.29, 1.82) is 0 Å². The Morgan fingerprint density at radius 2 is 1.75 bits per heavy atom. The molecule has 108 valence electrons. The third-order valence-electron chi connectivity index (χ3n) is 3.60. The van der Waals surface area contributed by atoms with E-state index in [0.29, 0.717) is 24.3 Å². The van der Waals surface area contributed by atoms with Crippen LogP contribution in [0.15, 0.2) is 12.6 Å². The van der Waals surface area contributed by atoms with Crippen molar-refractivity contribution < 1.29 is 19.0 Å². The van der Waals surface area contributed by atoms with Crippen LogP contribution in [0.1, 0.15) is 30.4 Å². The van der Waals surface area contributed by atoms with Crippen LogP contribution in [0.3, 0.4) is 0 Å². The fourth-order valence-corrected chi connectivity index (χ4v) is 2.67. The molecule has 0 fully saturated rings. The molecule has 0 heterocycles. The van der Waals surface area contributed by atoms with Gasteiger partial charge in [-0.05, 0) is 18.4 Å². The minimum Gasteiger partial charge on any atom is -0.496 e. The van der Waals surface area contributed by atoms with E-state index in [1.165, 1.54) is 0 Å². The largest absolute Gasteiger partial charge is 0.496 e. The van der Waals surface area contributed by atoms with Gasteiger partial charge in [-0.2, -0.15) is 0 Å². The molecule has 0 N–H and O–H groups in total. The first-order valence-electron chi connectivity index (χ1n) is 6.64. The second-order valence-corrected chi connectivity index (χ2v) is 4.84. The molecular weight excluding hydrogens is 256 g/mol. The molecule has 4 heteroatoms. The molecule has 0 unspecified atom stereocenters. The van der Waals surface area contributed by atoms with Crippen molar-refractivity contribution in [2.75, 3.05) is 21.3 Å². The van der Waals surface area contributed by atoms with Gasteiger partial charge in [0.1, 0.15) is 23.0 Å². The van der Waals surface area contributed by atoms with E-state index < -0.39 is 0 Å². The number of rotatable bonds is 3. The zero-order chi connectivity index (χ0) is 14.7. The summed E-state index contributed by atoms with van der Waals surface area (Å²) >= 11 is 0. The van der Waals surface area contributed by atoms with Gasteiger partial charge in [-0.1, -0.05) is 6.58 Å². The fraction of sp³-hybridized carbons (Fsp3) is 0.438. The van der Waals surface area contributed by atoms with Crippen LogP contribution in [0.2, 0.25) is 0 Å². The summed E-state index contributed by atoms with van der Waals surface area (Å²) in [7, 11) is 4.83. The third-order valence-corrected chi connectivity index (χ3v) is 3.60. The first-order valence-corrected chi connectivity index (χ1v) is 6.64. The molecule has 2 rings (SSSR count). The number of ether oxygens (including phenoxy) is 3. The number of Topliss-reactive ketones (excluding diaryl/α,β-unsaturated/α-hetero) is 1. The van der Waals surface area contributed by atoms with Gasteiger partial charge in [0.2, 0.25) is 0 Å². The highest BCUT2D eigenvalue weighted by molar-refractivity contribution is 5.92. The Kier molecular flexibility index (Phi) is 4.32. The van der Waals surface area contributed by atoms with E-state index in [4.69, 9.17) is 14.2 Å². The molecule has 1 aromatic rings. The number of hydrogen-bond donors (Lipinski definition) is 0. The summed E-state index contributed by atoms with van der Waals surface area (Å²) in [6.07, 6.45) is 2.40. The monoisotopic (exact) mass is 276 g/mol. The van der Waals surface area contributed by atoms with Crippen molar-refractivity contribution in [2.24, 2.45) is 0 Å². The number of fused-ring (bicyclic) bond motifs is 2. The van der Waals surface area contributed by atoms with Crippen molar-refractivity contribution in [3.05, 3.63) is 23.8 Å². The molecule has 1 aromatic carbocycles. The number of carbonyl (C=O) groups excluding carboxylic acids is 1. The number of methoxy groups -OCH3 is 3. The van der Waals surface area contributed by atoms with E-state index in [1.807, 2.05) is 6.07 Å². The Labute approximate surface area is 119 Å². The number of benzene rings is 1. The lowest BCUT2D eigenvalue weighted by Gasteiger charge is -2.20. The lowest BCUT2D eigenvalue weighted by atomic mass is 9.97. The number of carbonyl (C=O) groups is 1. The van der Waals surface area contributed by atoms with E-state index in [0.717, 1.165) is 35.3 Å². The van der Waals surface area contributed by atoms with Gasteiger partial charge in [0.25, 0.3) is 0 Å². The van der Waals surface area contributed by atoms with Crippen LogP contribution in [0.5, 0.6) is 17.2 Å². The lowest BCUT2D eigenvalue weighted by molar-refractivity contribution is -0.118. The molecular formula is C16H20O4. The fourth-order valence-electron chi connectivity index (χ4n) is 2.67. The van der Waals surface area contributed by atoms with Crippen LogP contribution < -0.4 is 14.2 Å². The molecule has 0 aromatic heterocycles. The van der Waals surface area contributed by atoms with Crippen LogP contribution in [0, 0.1) is 0 Å². The van der Waals surface area contributed by atoms with Crippen molar-refractivity contribution >= 4 is 11.4 Å². The van der Waals surface area contributed by atoms with Crippen LogP contribution in [-0.2, 0) is 11.2 Å². The first-order chi connectivity index (χ1) is 9.62. The summed E-state index contributed by atoms with van der Waals surface area (Å²) in [5, 5.41) is 0. The highest BCUT2D eigenvalue weighted by Gasteiger charge is 2.24. The molecule has 2 bridgehead atoms. The van der Waals surface area contributed by atoms with Gasteiger partial charge in [-0.15, -0.1) is 0 Å². The number of hydrogen-bond acceptors (Lipinski definition) is 4. The standard InChI is InChI=1S/C16H20O4/c1-10-8-11(17)6-5-7-12-13(18-2)9-14(19-3)15(10)16(12)20-4/h9H,1,5-8H2,2-4H3. The molecule has 4 nitrogen and oxygen atoms in total. The van der Waals surface area contributed by atoms with Crippen molar-refractivity contribution in [1.82, 2.24) is 0 Å². The quantitative estimate of drug-likeness (QED) is 0.851. The average molecular weight is 276 g/mol. The summed E-state index contributed by atoms with van der Waals surface area (Å²) in [6, 6.07) is 1.84. The first kappa shape index (κ1) is 14.4. The van der Waals surface area contributed by atoms with Gasteiger partial charge in [-0.25, -0.2) is 0 Å². The summed E-state index contributed by atoms with van der Waals surface area (Å²) in [5.41, 5.74) is 2.48. The van der Waals surface area contributed by atoms with Crippen molar-refractivity contribution in [3.8, 4) is 17.2 Å². The second-order valence-electron chi connectivity index (χ2n) is 4.84. The van der Waals surface area contributed by atoms with Gasteiger partial charge in [0.05, 0.1) is 26.9 Å². The second kappa shape index (κ2) is 5.99. The molecule has 0 saturated carbocycles. The maximum absolute atomic E-state index is 11.9.